The molecule has 0 aromatic carbocycles. The SMILES string of the molecule is C=C[C@]1(C)C=C2C(=O)C[C@@H]3C(C)(C)CCC[C@@]3(C(=O)O)[C@@H]2CC1. The molecule has 4 atom stereocenters. The van der Waals surface area contributed by atoms with Crippen molar-refractivity contribution in [2.24, 2.45) is 28.1 Å². The van der Waals surface area contributed by atoms with E-state index in [9.17, 15) is 14.7 Å². The van der Waals surface area contributed by atoms with Gasteiger partial charge in [-0.3, -0.25) is 9.59 Å². The van der Waals surface area contributed by atoms with Crippen LogP contribution in [-0.4, -0.2) is 16.9 Å². The van der Waals surface area contributed by atoms with Gasteiger partial charge in [-0.15, -0.1) is 6.58 Å². The third-order valence-corrected chi connectivity index (χ3v) is 7.01. The number of carboxylic acid groups (broad SMARTS) is 1. The van der Waals surface area contributed by atoms with Crippen molar-refractivity contribution in [1.29, 1.82) is 0 Å². The average Bonchev–Trinajstić information content (AvgIpc) is 2.48. The minimum atomic E-state index is -0.760. The van der Waals surface area contributed by atoms with Gasteiger partial charge in [0.1, 0.15) is 0 Å². The van der Waals surface area contributed by atoms with Crippen LogP contribution in [0, 0.1) is 28.1 Å². The Bertz CT molecular complexity index is 600. The van der Waals surface area contributed by atoms with Gasteiger partial charge >= 0.3 is 5.97 Å². The molecule has 23 heavy (non-hydrogen) atoms. The summed E-state index contributed by atoms with van der Waals surface area (Å²) < 4.78 is 0. The molecule has 126 valence electrons. The number of Topliss-reactive ketones (excluding diaryl/α,β-unsaturated/α-hetero) is 1. The summed E-state index contributed by atoms with van der Waals surface area (Å²) in [4.78, 5) is 25.3. The lowest BCUT2D eigenvalue weighted by Crippen LogP contribution is -2.58. The van der Waals surface area contributed by atoms with E-state index in [0.29, 0.717) is 12.8 Å². The minimum Gasteiger partial charge on any atom is -0.481 e. The van der Waals surface area contributed by atoms with Gasteiger partial charge < -0.3 is 5.11 Å². The summed E-state index contributed by atoms with van der Waals surface area (Å²) in [5, 5.41) is 10.2. The quantitative estimate of drug-likeness (QED) is 0.769. The van der Waals surface area contributed by atoms with E-state index in [4.69, 9.17) is 0 Å². The Labute approximate surface area is 138 Å². The number of hydrogen-bond donors (Lipinski definition) is 1. The van der Waals surface area contributed by atoms with Crippen LogP contribution in [0.1, 0.15) is 59.3 Å². The monoisotopic (exact) mass is 316 g/mol. The molecule has 0 heterocycles. The van der Waals surface area contributed by atoms with Crippen LogP contribution in [0.25, 0.3) is 0 Å². The summed E-state index contributed by atoms with van der Waals surface area (Å²) in [6, 6.07) is 0. The van der Waals surface area contributed by atoms with Crippen LogP contribution in [-0.2, 0) is 9.59 Å². The summed E-state index contributed by atoms with van der Waals surface area (Å²) in [6.45, 7) is 10.3. The Hall–Kier alpha value is -1.38. The molecular weight excluding hydrogens is 288 g/mol. The van der Waals surface area contributed by atoms with Gasteiger partial charge in [-0.25, -0.2) is 0 Å². The molecule has 2 saturated carbocycles. The molecule has 0 spiro atoms. The first-order chi connectivity index (χ1) is 10.7. The Balaban J connectivity index is 2.15. The number of carbonyl (C=O) groups is 2. The van der Waals surface area contributed by atoms with E-state index in [1.807, 2.05) is 12.2 Å². The fourth-order valence-electron chi connectivity index (χ4n) is 5.58. The topological polar surface area (TPSA) is 54.4 Å². The molecule has 0 aliphatic heterocycles. The van der Waals surface area contributed by atoms with Crippen LogP contribution in [0.5, 0.6) is 0 Å². The lowest BCUT2D eigenvalue weighted by Gasteiger charge is -2.57. The molecular formula is C20H28O3. The van der Waals surface area contributed by atoms with Crippen molar-refractivity contribution in [2.75, 3.05) is 0 Å². The summed E-state index contributed by atoms with van der Waals surface area (Å²) >= 11 is 0. The highest BCUT2D eigenvalue weighted by Gasteiger charge is 2.63. The van der Waals surface area contributed by atoms with Crippen LogP contribution in [0.3, 0.4) is 0 Å². The van der Waals surface area contributed by atoms with Crippen molar-refractivity contribution in [3.63, 3.8) is 0 Å². The number of fused-ring (bicyclic) bond motifs is 3. The highest BCUT2D eigenvalue weighted by Crippen LogP contribution is 2.63. The fourth-order valence-corrected chi connectivity index (χ4v) is 5.58. The Kier molecular flexibility index (Phi) is 3.62. The molecule has 2 fully saturated rings. The zero-order valence-corrected chi connectivity index (χ0v) is 14.5. The molecule has 0 bridgehead atoms. The van der Waals surface area contributed by atoms with E-state index >= 15 is 0 Å². The zero-order valence-electron chi connectivity index (χ0n) is 14.5. The van der Waals surface area contributed by atoms with Crippen LogP contribution >= 0.6 is 0 Å². The Morgan fingerprint density at radius 3 is 2.61 bits per heavy atom. The standard InChI is InChI=1S/C20H28O3/c1-5-19(4)10-7-14-13(12-19)15(21)11-16-18(2,3)8-6-9-20(14,16)17(22)23/h5,12,14,16H,1,6-11H2,2-4H3,(H,22,23)/t14-,16-,19+,20-/m1/s1. The number of carbonyl (C=O) groups excluding carboxylic acids is 1. The van der Waals surface area contributed by atoms with Crippen molar-refractivity contribution < 1.29 is 14.7 Å². The second kappa shape index (κ2) is 5.06. The van der Waals surface area contributed by atoms with E-state index in [1.54, 1.807) is 0 Å². The smallest absolute Gasteiger partial charge is 0.310 e. The molecule has 3 aliphatic carbocycles. The second-order valence-corrected chi connectivity index (χ2v) is 8.77. The van der Waals surface area contributed by atoms with E-state index < -0.39 is 11.4 Å². The highest BCUT2D eigenvalue weighted by molar-refractivity contribution is 5.99. The molecule has 3 nitrogen and oxygen atoms in total. The van der Waals surface area contributed by atoms with Gasteiger partial charge in [0.05, 0.1) is 5.41 Å². The van der Waals surface area contributed by atoms with Crippen molar-refractivity contribution >= 4 is 11.8 Å². The number of carboxylic acids is 1. The number of ketones is 1. The largest absolute Gasteiger partial charge is 0.481 e. The van der Waals surface area contributed by atoms with Gasteiger partial charge in [-0.2, -0.15) is 0 Å². The Morgan fingerprint density at radius 1 is 1.30 bits per heavy atom. The first kappa shape index (κ1) is 16.5. The zero-order chi connectivity index (χ0) is 17.0. The second-order valence-electron chi connectivity index (χ2n) is 8.77. The molecule has 3 heteroatoms. The first-order valence-corrected chi connectivity index (χ1v) is 8.79. The lowest BCUT2D eigenvalue weighted by molar-refractivity contribution is -0.172. The van der Waals surface area contributed by atoms with Gasteiger partial charge in [0.25, 0.3) is 0 Å². The van der Waals surface area contributed by atoms with Crippen LogP contribution in [0.15, 0.2) is 24.3 Å². The highest BCUT2D eigenvalue weighted by atomic mass is 16.4. The van der Waals surface area contributed by atoms with Gasteiger partial charge in [-0.05, 0) is 42.6 Å². The number of rotatable bonds is 2. The molecule has 0 amide bonds. The molecule has 0 unspecified atom stereocenters. The van der Waals surface area contributed by atoms with E-state index in [-0.39, 0.29) is 28.4 Å². The third kappa shape index (κ3) is 2.23. The molecule has 0 aromatic rings. The van der Waals surface area contributed by atoms with Gasteiger partial charge in [0.15, 0.2) is 5.78 Å². The van der Waals surface area contributed by atoms with Crippen molar-refractivity contribution in [2.45, 2.75) is 59.3 Å². The molecule has 0 radical (unpaired) electrons. The summed E-state index contributed by atoms with van der Waals surface area (Å²) in [5.41, 5.74) is -0.255. The molecule has 3 rings (SSSR count). The Morgan fingerprint density at radius 2 is 2.00 bits per heavy atom. The summed E-state index contributed by atoms with van der Waals surface area (Å²) in [7, 11) is 0. The maximum absolute atomic E-state index is 12.8. The molecule has 3 aliphatic rings. The van der Waals surface area contributed by atoms with Crippen LogP contribution in [0.4, 0.5) is 0 Å². The first-order valence-electron chi connectivity index (χ1n) is 8.79. The number of aliphatic carboxylic acids is 1. The predicted octanol–water partition coefficient (Wildman–Crippen LogP) is 4.39. The van der Waals surface area contributed by atoms with Crippen molar-refractivity contribution in [1.82, 2.24) is 0 Å². The molecule has 0 aromatic heterocycles. The fraction of sp³-hybridized carbons (Fsp3) is 0.700. The average molecular weight is 316 g/mol. The number of allylic oxidation sites excluding steroid dienone is 3. The molecule has 1 N–H and O–H groups in total. The molecule has 0 saturated heterocycles. The van der Waals surface area contributed by atoms with Gasteiger partial charge in [0.2, 0.25) is 0 Å². The normalized spacial score (nSPS) is 42.2. The predicted molar refractivity (Wildman–Crippen MR) is 89.9 cm³/mol. The van der Waals surface area contributed by atoms with Crippen molar-refractivity contribution in [3.05, 3.63) is 24.3 Å². The van der Waals surface area contributed by atoms with Crippen LogP contribution < -0.4 is 0 Å². The van der Waals surface area contributed by atoms with E-state index in [0.717, 1.165) is 31.3 Å². The van der Waals surface area contributed by atoms with Gasteiger partial charge in [0, 0.05) is 17.8 Å². The van der Waals surface area contributed by atoms with Gasteiger partial charge in [-0.1, -0.05) is 39.3 Å². The summed E-state index contributed by atoms with van der Waals surface area (Å²) in [6.07, 6.45) is 8.61. The third-order valence-electron chi connectivity index (χ3n) is 7.01. The van der Waals surface area contributed by atoms with Crippen molar-refractivity contribution in [3.8, 4) is 0 Å². The van der Waals surface area contributed by atoms with Crippen LogP contribution in [0.2, 0.25) is 0 Å². The van der Waals surface area contributed by atoms with E-state index in [1.165, 1.54) is 0 Å². The maximum Gasteiger partial charge on any atom is 0.310 e. The van der Waals surface area contributed by atoms with E-state index in [2.05, 4.69) is 27.4 Å². The lowest BCUT2D eigenvalue weighted by atomic mass is 9.44. The summed E-state index contributed by atoms with van der Waals surface area (Å²) in [5.74, 6) is -0.705. The minimum absolute atomic E-state index is 0.0519. The number of hydrogen-bond acceptors (Lipinski definition) is 2. The maximum atomic E-state index is 12.8.